The van der Waals surface area contributed by atoms with Gasteiger partial charge in [-0.1, -0.05) is 23.7 Å². The minimum atomic E-state index is -6.06. The molecule has 0 aliphatic rings. The molecule has 0 aliphatic carbocycles. The molecule has 0 aromatic heterocycles. The smallest absolute Gasteiger partial charge is 0.256 e. The molecule has 0 atom stereocenters. The minimum Gasteiger partial charge on any atom is -0.256 e. The molecule has 19 heavy (non-hydrogen) atoms. The maximum Gasteiger partial charge on any atom is 0.523 e. The molecule has 0 saturated carbocycles. The molecule has 0 unspecified atom stereocenters. The van der Waals surface area contributed by atoms with Gasteiger partial charge in [-0.2, -0.15) is 30.4 Å². The van der Waals surface area contributed by atoms with Crippen molar-refractivity contribution in [3.8, 4) is 0 Å². The first-order valence-electron chi connectivity index (χ1n) is 4.55. The number of rotatable bonds is 4. The van der Waals surface area contributed by atoms with Gasteiger partial charge in [0.05, 0.1) is 0 Å². The fraction of sp³-hybridized carbons (Fsp3) is 0.333. The van der Waals surface area contributed by atoms with Crippen molar-refractivity contribution in [3.63, 3.8) is 0 Å². The highest BCUT2D eigenvalue weighted by atomic mass is 35.5. The molecule has 0 bridgehead atoms. The molecule has 0 amide bonds. The van der Waals surface area contributed by atoms with E-state index in [1.165, 1.54) is 6.07 Å². The van der Waals surface area contributed by atoms with Gasteiger partial charge in [-0.15, -0.1) is 0 Å². The molecule has 0 radical (unpaired) electrons. The maximum absolute atomic E-state index is 13.4. The number of halogens is 6. The zero-order valence-electron chi connectivity index (χ0n) is 8.92. The number of benzene rings is 1. The van der Waals surface area contributed by atoms with Gasteiger partial charge in [-0.05, 0) is 12.1 Å². The lowest BCUT2D eigenvalue weighted by atomic mass is 10.1. The van der Waals surface area contributed by atoms with Crippen molar-refractivity contribution in [1.29, 1.82) is 0 Å². The second kappa shape index (κ2) is 5.22. The van der Waals surface area contributed by atoms with Gasteiger partial charge in [0.2, 0.25) is 0 Å². The molecule has 10 heteroatoms. The standard InChI is InChI=1S/C9H6ClF5O3S/c10-7-3-1-2-6(4-7)8(11,12)5-18-19(16,17)9(13,14)15/h1-4H,5H2. The normalized spacial score (nSPS) is 13.6. The van der Waals surface area contributed by atoms with Gasteiger partial charge < -0.3 is 0 Å². The molecular weight excluding hydrogens is 319 g/mol. The van der Waals surface area contributed by atoms with Crippen LogP contribution in [0.15, 0.2) is 24.3 Å². The van der Waals surface area contributed by atoms with Crippen LogP contribution in [0.1, 0.15) is 5.56 Å². The third-order valence-corrected chi connectivity index (χ3v) is 3.16. The van der Waals surface area contributed by atoms with Crippen molar-refractivity contribution in [1.82, 2.24) is 0 Å². The summed E-state index contributed by atoms with van der Waals surface area (Å²) in [5.74, 6) is -3.93. The lowest BCUT2D eigenvalue weighted by Gasteiger charge is -2.17. The van der Waals surface area contributed by atoms with Crippen LogP contribution >= 0.6 is 11.6 Å². The third-order valence-electron chi connectivity index (χ3n) is 1.93. The van der Waals surface area contributed by atoms with Gasteiger partial charge in [0.1, 0.15) is 6.61 Å². The lowest BCUT2D eigenvalue weighted by molar-refractivity contribution is -0.0746. The van der Waals surface area contributed by atoms with E-state index in [-0.39, 0.29) is 5.02 Å². The highest BCUT2D eigenvalue weighted by Gasteiger charge is 2.49. The van der Waals surface area contributed by atoms with Gasteiger partial charge in [0.15, 0.2) is 0 Å². The Morgan fingerprint density at radius 2 is 1.74 bits per heavy atom. The summed E-state index contributed by atoms with van der Waals surface area (Å²) in [4.78, 5) is 0. The van der Waals surface area contributed by atoms with Gasteiger partial charge >= 0.3 is 15.6 Å². The van der Waals surface area contributed by atoms with Crippen LogP contribution in [-0.4, -0.2) is 20.5 Å². The van der Waals surface area contributed by atoms with Crippen LogP contribution in [0, 0.1) is 0 Å². The van der Waals surface area contributed by atoms with E-state index in [4.69, 9.17) is 11.6 Å². The van der Waals surface area contributed by atoms with Crippen LogP contribution in [0.5, 0.6) is 0 Å². The van der Waals surface area contributed by atoms with Crippen molar-refractivity contribution in [2.24, 2.45) is 0 Å². The molecule has 0 saturated heterocycles. The molecule has 108 valence electrons. The van der Waals surface area contributed by atoms with Crippen molar-refractivity contribution in [2.45, 2.75) is 11.4 Å². The Morgan fingerprint density at radius 3 is 2.21 bits per heavy atom. The molecular formula is C9H6ClF5O3S. The number of hydrogen-bond acceptors (Lipinski definition) is 3. The summed E-state index contributed by atoms with van der Waals surface area (Å²) in [6, 6.07) is 4.10. The largest absolute Gasteiger partial charge is 0.523 e. The Balaban J connectivity index is 2.88. The Bertz CT molecular complexity index is 555. The first-order chi connectivity index (χ1) is 8.46. The number of alkyl halides is 5. The van der Waals surface area contributed by atoms with E-state index in [1.807, 2.05) is 0 Å². The van der Waals surface area contributed by atoms with E-state index in [1.54, 1.807) is 0 Å². The summed E-state index contributed by atoms with van der Waals surface area (Å²) in [6.45, 7) is -1.96. The minimum absolute atomic E-state index is 0.0733. The summed E-state index contributed by atoms with van der Waals surface area (Å²) in [6.07, 6.45) is 0. The zero-order chi connectivity index (χ0) is 14.9. The molecule has 1 rings (SSSR count). The van der Waals surface area contributed by atoms with Gasteiger partial charge in [0, 0.05) is 10.6 Å². The fourth-order valence-corrected chi connectivity index (χ4v) is 1.64. The average molecular weight is 325 g/mol. The second-order valence-corrected chi connectivity index (χ2v) is 5.42. The molecule has 1 aromatic rings. The predicted molar refractivity (Wildman–Crippen MR) is 56.3 cm³/mol. The second-order valence-electron chi connectivity index (χ2n) is 3.38. The fourth-order valence-electron chi connectivity index (χ4n) is 1.02. The van der Waals surface area contributed by atoms with Crippen LogP contribution in [0.4, 0.5) is 22.0 Å². The summed E-state index contributed by atoms with van der Waals surface area (Å²) < 4.78 is 86.9. The maximum atomic E-state index is 13.4. The zero-order valence-corrected chi connectivity index (χ0v) is 10.5. The predicted octanol–water partition coefficient (Wildman–Crippen LogP) is 3.30. The van der Waals surface area contributed by atoms with E-state index in [2.05, 4.69) is 4.18 Å². The quantitative estimate of drug-likeness (QED) is 0.485. The van der Waals surface area contributed by atoms with Crippen molar-refractivity contribution < 1.29 is 34.6 Å². The van der Waals surface area contributed by atoms with Crippen LogP contribution < -0.4 is 0 Å². The van der Waals surface area contributed by atoms with E-state index >= 15 is 0 Å². The highest BCUT2D eigenvalue weighted by molar-refractivity contribution is 7.87. The monoisotopic (exact) mass is 324 g/mol. The highest BCUT2D eigenvalue weighted by Crippen LogP contribution is 2.32. The third kappa shape index (κ3) is 4.02. The van der Waals surface area contributed by atoms with Crippen molar-refractivity contribution in [2.75, 3.05) is 6.61 Å². The summed E-state index contributed by atoms with van der Waals surface area (Å²) >= 11 is 5.44. The SMILES string of the molecule is O=S(=O)(OCC(F)(F)c1cccc(Cl)c1)C(F)(F)F. The molecule has 0 N–H and O–H groups in total. The lowest BCUT2D eigenvalue weighted by Crippen LogP contribution is -2.30. The topological polar surface area (TPSA) is 43.4 Å². The van der Waals surface area contributed by atoms with Crippen LogP contribution in [-0.2, 0) is 20.2 Å². The Morgan fingerprint density at radius 1 is 1.16 bits per heavy atom. The van der Waals surface area contributed by atoms with Crippen molar-refractivity contribution in [3.05, 3.63) is 34.9 Å². The molecule has 1 aromatic carbocycles. The average Bonchev–Trinajstić information content (AvgIpc) is 2.25. The van der Waals surface area contributed by atoms with Gasteiger partial charge in [-0.3, -0.25) is 4.18 Å². The molecule has 0 spiro atoms. The van der Waals surface area contributed by atoms with E-state index < -0.39 is 33.7 Å². The molecule has 3 nitrogen and oxygen atoms in total. The Kier molecular flexibility index (Phi) is 4.43. The number of hydrogen-bond donors (Lipinski definition) is 0. The first-order valence-corrected chi connectivity index (χ1v) is 6.34. The Labute approximate surface area is 110 Å². The van der Waals surface area contributed by atoms with E-state index in [9.17, 15) is 30.4 Å². The summed E-state index contributed by atoms with van der Waals surface area (Å²) in [5.41, 5.74) is -6.50. The first kappa shape index (κ1) is 16.1. The van der Waals surface area contributed by atoms with Crippen LogP contribution in [0.3, 0.4) is 0 Å². The van der Waals surface area contributed by atoms with Crippen molar-refractivity contribution >= 4 is 21.7 Å². The van der Waals surface area contributed by atoms with Gasteiger partial charge in [0.25, 0.3) is 5.92 Å². The molecule has 0 aliphatic heterocycles. The van der Waals surface area contributed by atoms with E-state index in [0.717, 1.165) is 18.2 Å². The van der Waals surface area contributed by atoms with E-state index in [0.29, 0.717) is 0 Å². The van der Waals surface area contributed by atoms with Gasteiger partial charge in [-0.25, -0.2) is 0 Å². The molecule has 0 fully saturated rings. The molecule has 0 heterocycles. The summed E-state index contributed by atoms with van der Waals surface area (Å²) in [5, 5.41) is -0.0733. The van der Waals surface area contributed by atoms with Crippen LogP contribution in [0.2, 0.25) is 5.02 Å². The Hall–Kier alpha value is -0.930. The van der Waals surface area contributed by atoms with Crippen LogP contribution in [0.25, 0.3) is 0 Å². The summed E-state index contributed by atoms with van der Waals surface area (Å²) in [7, 11) is -6.06.